The van der Waals surface area contributed by atoms with Gasteiger partial charge in [0, 0.05) is 5.54 Å². The Kier molecular flexibility index (Phi) is 6.27. The Hall–Kier alpha value is -2.18. The van der Waals surface area contributed by atoms with Crippen LogP contribution >= 0.6 is 0 Å². The van der Waals surface area contributed by atoms with Gasteiger partial charge in [-0.25, -0.2) is 0 Å². The van der Waals surface area contributed by atoms with Crippen molar-refractivity contribution in [2.75, 3.05) is 6.54 Å². The molecule has 0 fully saturated rings. The third-order valence-electron chi connectivity index (χ3n) is 2.47. The average Bonchev–Trinajstić information content (AvgIpc) is 2.36. The Bertz CT molecular complexity index is 511. The van der Waals surface area contributed by atoms with Gasteiger partial charge in [0.15, 0.2) is 0 Å². The SMILES string of the molecule is CC(C)(C)NC(=O)CNC(=O)Cc1ccc(OC(F)F)cc1. The molecular formula is C15H20F2N2O3. The Balaban J connectivity index is 2.40. The van der Waals surface area contributed by atoms with E-state index in [0.29, 0.717) is 5.56 Å². The first-order valence-electron chi connectivity index (χ1n) is 6.77. The number of carbonyl (C=O) groups is 2. The smallest absolute Gasteiger partial charge is 0.387 e. The maximum atomic E-state index is 12.0. The zero-order chi connectivity index (χ0) is 16.8. The highest BCUT2D eigenvalue weighted by atomic mass is 19.3. The quantitative estimate of drug-likeness (QED) is 0.842. The predicted octanol–water partition coefficient (Wildman–Crippen LogP) is 1.86. The molecular weight excluding hydrogens is 294 g/mol. The average molecular weight is 314 g/mol. The predicted molar refractivity (Wildman–Crippen MR) is 77.7 cm³/mol. The Morgan fingerprint density at radius 3 is 2.23 bits per heavy atom. The molecule has 2 amide bonds. The Labute approximate surface area is 128 Å². The van der Waals surface area contributed by atoms with E-state index in [9.17, 15) is 18.4 Å². The molecule has 0 aliphatic carbocycles. The molecule has 0 aliphatic rings. The van der Waals surface area contributed by atoms with E-state index in [1.807, 2.05) is 20.8 Å². The molecule has 2 N–H and O–H groups in total. The minimum atomic E-state index is -2.88. The second-order valence-corrected chi connectivity index (χ2v) is 5.77. The summed E-state index contributed by atoms with van der Waals surface area (Å²) in [6.07, 6.45) is 0.0533. The molecule has 0 unspecified atom stereocenters. The molecule has 1 aromatic rings. The van der Waals surface area contributed by atoms with Crippen molar-refractivity contribution < 1.29 is 23.1 Å². The van der Waals surface area contributed by atoms with Gasteiger partial charge in [-0.3, -0.25) is 9.59 Å². The molecule has 0 aliphatic heterocycles. The van der Waals surface area contributed by atoms with Crippen molar-refractivity contribution in [3.63, 3.8) is 0 Å². The maximum absolute atomic E-state index is 12.0. The van der Waals surface area contributed by atoms with E-state index in [2.05, 4.69) is 15.4 Å². The first-order chi connectivity index (χ1) is 10.2. The van der Waals surface area contributed by atoms with E-state index in [-0.39, 0.29) is 36.1 Å². The monoisotopic (exact) mass is 314 g/mol. The largest absolute Gasteiger partial charge is 0.435 e. The molecule has 0 bridgehead atoms. The molecule has 22 heavy (non-hydrogen) atoms. The standard InChI is InChI=1S/C15H20F2N2O3/c1-15(2,3)19-13(21)9-18-12(20)8-10-4-6-11(7-5-10)22-14(16)17/h4-7,14H,8-9H2,1-3H3,(H,18,20)(H,19,21). The van der Waals surface area contributed by atoms with Crippen LogP contribution in [-0.2, 0) is 16.0 Å². The minimum absolute atomic E-state index is 0.0312. The fraction of sp³-hybridized carbons (Fsp3) is 0.467. The topological polar surface area (TPSA) is 67.4 Å². The second kappa shape index (κ2) is 7.72. The van der Waals surface area contributed by atoms with Crippen LogP contribution in [0.2, 0.25) is 0 Å². The van der Waals surface area contributed by atoms with E-state index in [1.54, 1.807) is 0 Å². The van der Waals surface area contributed by atoms with Crippen LogP contribution in [0.15, 0.2) is 24.3 Å². The zero-order valence-corrected chi connectivity index (χ0v) is 12.8. The summed E-state index contributed by atoms with van der Waals surface area (Å²) in [5.41, 5.74) is 0.276. The summed E-state index contributed by atoms with van der Waals surface area (Å²) in [5, 5.41) is 5.22. The zero-order valence-electron chi connectivity index (χ0n) is 12.8. The molecule has 0 aromatic heterocycles. The third-order valence-corrected chi connectivity index (χ3v) is 2.47. The van der Waals surface area contributed by atoms with Crippen LogP contribution in [0.5, 0.6) is 5.75 Å². The Morgan fingerprint density at radius 1 is 1.14 bits per heavy atom. The van der Waals surface area contributed by atoms with Crippen molar-refractivity contribution in [3.05, 3.63) is 29.8 Å². The van der Waals surface area contributed by atoms with Crippen molar-refractivity contribution in [1.29, 1.82) is 0 Å². The first kappa shape index (κ1) is 17.9. The number of rotatable bonds is 6. The van der Waals surface area contributed by atoms with Gasteiger partial charge in [-0.2, -0.15) is 8.78 Å². The van der Waals surface area contributed by atoms with Crippen LogP contribution in [0, 0.1) is 0 Å². The summed E-state index contributed by atoms with van der Waals surface area (Å²) in [4.78, 5) is 23.3. The Morgan fingerprint density at radius 2 is 1.73 bits per heavy atom. The molecule has 0 spiro atoms. The van der Waals surface area contributed by atoms with Gasteiger partial charge >= 0.3 is 6.61 Å². The molecule has 1 rings (SSSR count). The fourth-order valence-electron chi connectivity index (χ4n) is 1.68. The molecule has 1 aromatic carbocycles. The van der Waals surface area contributed by atoms with Crippen LogP contribution in [-0.4, -0.2) is 30.5 Å². The lowest BCUT2D eigenvalue weighted by Crippen LogP contribution is -2.46. The highest BCUT2D eigenvalue weighted by Crippen LogP contribution is 2.15. The highest BCUT2D eigenvalue weighted by Gasteiger charge is 2.14. The number of hydrogen-bond acceptors (Lipinski definition) is 3. The van der Waals surface area contributed by atoms with Crippen molar-refractivity contribution in [2.45, 2.75) is 39.3 Å². The molecule has 0 atom stereocenters. The summed E-state index contributed by atoms with van der Waals surface area (Å²) >= 11 is 0. The van der Waals surface area contributed by atoms with Crippen molar-refractivity contribution in [1.82, 2.24) is 10.6 Å². The van der Waals surface area contributed by atoms with E-state index in [1.165, 1.54) is 24.3 Å². The van der Waals surface area contributed by atoms with Crippen molar-refractivity contribution in [3.8, 4) is 5.75 Å². The number of carbonyl (C=O) groups excluding carboxylic acids is 2. The normalized spacial score (nSPS) is 11.2. The molecule has 0 saturated carbocycles. The molecule has 0 saturated heterocycles. The lowest BCUT2D eigenvalue weighted by molar-refractivity contribution is -0.126. The number of halogens is 2. The fourth-order valence-corrected chi connectivity index (χ4v) is 1.68. The van der Waals surface area contributed by atoms with Gasteiger partial charge in [0.05, 0.1) is 13.0 Å². The van der Waals surface area contributed by atoms with Gasteiger partial charge in [0.1, 0.15) is 5.75 Å². The van der Waals surface area contributed by atoms with Gasteiger partial charge in [-0.05, 0) is 38.5 Å². The van der Waals surface area contributed by atoms with Gasteiger partial charge in [-0.15, -0.1) is 0 Å². The number of hydrogen-bond donors (Lipinski definition) is 2. The summed E-state index contributed by atoms with van der Waals surface area (Å²) in [5.74, 6) is -0.572. The summed E-state index contributed by atoms with van der Waals surface area (Å²) in [6.45, 7) is 2.54. The molecule has 0 heterocycles. The van der Waals surface area contributed by atoms with Crippen molar-refractivity contribution in [2.24, 2.45) is 0 Å². The lowest BCUT2D eigenvalue weighted by atomic mass is 10.1. The molecule has 0 radical (unpaired) electrons. The highest BCUT2D eigenvalue weighted by molar-refractivity contribution is 5.85. The number of amides is 2. The van der Waals surface area contributed by atoms with Crippen LogP contribution in [0.4, 0.5) is 8.78 Å². The van der Waals surface area contributed by atoms with Crippen LogP contribution in [0.25, 0.3) is 0 Å². The van der Waals surface area contributed by atoms with E-state index in [4.69, 9.17) is 0 Å². The molecule has 5 nitrogen and oxygen atoms in total. The van der Waals surface area contributed by atoms with Crippen LogP contribution in [0.1, 0.15) is 26.3 Å². The maximum Gasteiger partial charge on any atom is 0.387 e. The molecule has 122 valence electrons. The lowest BCUT2D eigenvalue weighted by Gasteiger charge is -2.20. The number of ether oxygens (including phenoxy) is 1. The number of nitrogens with one attached hydrogen (secondary N) is 2. The first-order valence-corrected chi connectivity index (χ1v) is 6.77. The number of alkyl halides is 2. The van der Waals surface area contributed by atoms with E-state index < -0.39 is 6.61 Å². The van der Waals surface area contributed by atoms with Gasteiger partial charge in [0.2, 0.25) is 11.8 Å². The molecule has 7 heteroatoms. The van der Waals surface area contributed by atoms with Crippen molar-refractivity contribution >= 4 is 11.8 Å². The summed E-state index contributed by atoms with van der Waals surface area (Å²) < 4.78 is 28.2. The van der Waals surface area contributed by atoms with Crippen LogP contribution in [0.3, 0.4) is 0 Å². The van der Waals surface area contributed by atoms with Gasteiger partial charge in [-0.1, -0.05) is 12.1 Å². The summed E-state index contributed by atoms with van der Waals surface area (Å²) in [6, 6.07) is 5.77. The second-order valence-electron chi connectivity index (χ2n) is 5.77. The van der Waals surface area contributed by atoms with Crippen LogP contribution < -0.4 is 15.4 Å². The van der Waals surface area contributed by atoms with Gasteiger partial charge < -0.3 is 15.4 Å². The number of benzene rings is 1. The van der Waals surface area contributed by atoms with E-state index >= 15 is 0 Å². The summed E-state index contributed by atoms with van der Waals surface area (Å²) in [7, 11) is 0. The minimum Gasteiger partial charge on any atom is -0.435 e. The van der Waals surface area contributed by atoms with E-state index in [0.717, 1.165) is 0 Å². The van der Waals surface area contributed by atoms with Gasteiger partial charge in [0.25, 0.3) is 0 Å². The third kappa shape index (κ3) is 7.56.